The Bertz CT molecular complexity index is 383. The van der Waals surface area contributed by atoms with Gasteiger partial charge in [0.15, 0.2) is 0 Å². The van der Waals surface area contributed by atoms with Gasteiger partial charge in [-0.1, -0.05) is 47.0 Å². The lowest BCUT2D eigenvalue weighted by Crippen LogP contribution is -2.44. The summed E-state index contributed by atoms with van der Waals surface area (Å²) in [7, 11) is 1.83. The van der Waals surface area contributed by atoms with E-state index in [4.69, 9.17) is 4.74 Å². The molecule has 0 spiro atoms. The number of nitrogens with one attached hydrogen (secondary N) is 1. The number of hydrogen-bond donors (Lipinski definition) is 1. The van der Waals surface area contributed by atoms with Gasteiger partial charge >= 0.3 is 0 Å². The van der Waals surface area contributed by atoms with Crippen LogP contribution in [0.25, 0.3) is 0 Å². The van der Waals surface area contributed by atoms with Gasteiger partial charge in [-0.3, -0.25) is 0 Å². The monoisotopic (exact) mass is 311 g/mol. The molecule has 3 atom stereocenters. The van der Waals surface area contributed by atoms with Crippen molar-refractivity contribution in [1.29, 1.82) is 0 Å². The number of hydrogen-bond acceptors (Lipinski definition) is 2. The lowest BCUT2D eigenvalue weighted by molar-refractivity contribution is 0.0383. The van der Waals surface area contributed by atoms with E-state index < -0.39 is 0 Å². The van der Waals surface area contributed by atoms with Crippen molar-refractivity contribution in [2.75, 3.05) is 7.11 Å². The summed E-state index contributed by atoms with van der Waals surface area (Å²) in [5.74, 6) is 0. The van der Waals surface area contributed by atoms with Gasteiger partial charge in [0.1, 0.15) is 0 Å². The second-order valence-corrected chi connectivity index (χ2v) is 5.93. The first-order valence-electron chi connectivity index (χ1n) is 6.75. The molecule has 18 heavy (non-hydrogen) atoms. The number of halogens is 1. The summed E-state index contributed by atoms with van der Waals surface area (Å²) in [5.41, 5.74) is 1.32. The SMILES string of the molecule is COC1CCCCC1N[C@@H](C)c1ccccc1Br. The van der Waals surface area contributed by atoms with Gasteiger partial charge in [-0.15, -0.1) is 0 Å². The molecule has 1 aromatic rings. The highest BCUT2D eigenvalue weighted by atomic mass is 79.9. The van der Waals surface area contributed by atoms with Crippen LogP contribution in [-0.2, 0) is 4.74 Å². The Morgan fingerprint density at radius 2 is 2.00 bits per heavy atom. The molecule has 1 aliphatic rings. The predicted octanol–water partition coefficient (Wildman–Crippen LogP) is 4.06. The Morgan fingerprint density at radius 1 is 1.28 bits per heavy atom. The van der Waals surface area contributed by atoms with E-state index in [2.05, 4.69) is 52.4 Å². The minimum absolute atomic E-state index is 0.348. The quantitative estimate of drug-likeness (QED) is 0.905. The van der Waals surface area contributed by atoms with Gasteiger partial charge in [0.05, 0.1) is 6.10 Å². The zero-order chi connectivity index (χ0) is 13.0. The first-order valence-corrected chi connectivity index (χ1v) is 7.55. The average Bonchev–Trinajstić information content (AvgIpc) is 2.39. The van der Waals surface area contributed by atoms with E-state index in [1.807, 2.05) is 7.11 Å². The van der Waals surface area contributed by atoms with Crippen LogP contribution in [-0.4, -0.2) is 19.3 Å². The molecule has 0 aliphatic heterocycles. The summed E-state index contributed by atoms with van der Waals surface area (Å²) < 4.78 is 6.77. The van der Waals surface area contributed by atoms with Gasteiger partial charge in [-0.2, -0.15) is 0 Å². The van der Waals surface area contributed by atoms with Crippen molar-refractivity contribution in [2.45, 2.75) is 50.8 Å². The van der Waals surface area contributed by atoms with E-state index in [0.717, 1.165) is 0 Å². The van der Waals surface area contributed by atoms with Crippen LogP contribution < -0.4 is 5.32 Å². The van der Waals surface area contributed by atoms with E-state index in [0.29, 0.717) is 18.2 Å². The lowest BCUT2D eigenvalue weighted by atomic mass is 9.91. The Kier molecular flexibility index (Phi) is 5.22. The van der Waals surface area contributed by atoms with Crippen molar-refractivity contribution >= 4 is 15.9 Å². The van der Waals surface area contributed by atoms with Gasteiger partial charge in [0, 0.05) is 23.7 Å². The van der Waals surface area contributed by atoms with E-state index in [-0.39, 0.29) is 0 Å². The van der Waals surface area contributed by atoms with E-state index in [9.17, 15) is 0 Å². The molecule has 1 N–H and O–H groups in total. The fraction of sp³-hybridized carbons (Fsp3) is 0.600. The first kappa shape index (κ1) is 14.0. The molecule has 1 aliphatic carbocycles. The van der Waals surface area contributed by atoms with Crippen molar-refractivity contribution < 1.29 is 4.74 Å². The number of ether oxygens (including phenoxy) is 1. The molecule has 3 heteroatoms. The second kappa shape index (κ2) is 6.69. The standard InChI is InChI=1S/C15H22BrNO/c1-11(12-7-3-4-8-13(12)16)17-14-9-5-6-10-15(14)18-2/h3-4,7-8,11,14-15,17H,5-6,9-10H2,1-2H3/t11-,14?,15?/m0/s1. The number of rotatable bonds is 4. The van der Waals surface area contributed by atoms with E-state index in [1.54, 1.807) is 0 Å². The summed E-state index contributed by atoms with van der Waals surface area (Å²) >= 11 is 3.62. The van der Waals surface area contributed by atoms with Gasteiger partial charge < -0.3 is 10.1 Å². The van der Waals surface area contributed by atoms with Crippen LogP contribution in [0, 0.1) is 0 Å². The summed E-state index contributed by atoms with van der Waals surface area (Å²) in [5, 5.41) is 3.72. The second-order valence-electron chi connectivity index (χ2n) is 5.07. The van der Waals surface area contributed by atoms with Crippen LogP contribution in [0.4, 0.5) is 0 Å². The highest BCUT2D eigenvalue weighted by molar-refractivity contribution is 9.10. The highest BCUT2D eigenvalue weighted by Crippen LogP contribution is 2.27. The van der Waals surface area contributed by atoms with Gasteiger partial charge in [0.25, 0.3) is 0 Å². The van der Waals surface area contributed by atoms with Crippen molar-refractivity contribution in [2.24, 2.45) is 0 Å². The molecule has 0 bridgehead atoms. The maximum atomic E-state index is 5.60. The molecule has 0 aromatic heterocycles. The molecule has 2 rings (SSSR count). The Labute approximate surface area is 118 Å². The molecule has 100 valence electrons. The van der Waals surface area contributed by atoms with E-state index >= 15 is 0 Å². The molecule has 2 nitrogen and oxygen atoms in total. The van der Waals surface area contributed by atoms with Crippen LogP contribution in [0.2, 0.25) is 0 Å². The van der Waals surface area contributed by atoms with Crippen LogP contribution in [0.15, 0.2) is 28.7 Å². The molecule has 0 radical (unpaired) electrons. The summed E-state index contributed by atoms with van der Waals surface area (Å²) in [6.45, 7) is 2.22. The number of methoxy groups -OCH3 is 1. The predicted molar refractivity (Wildman–Crippen MR) is 78.7 cm³/mol. The summed E-state index contributed by atoms with van der Waals surface area (Å²) in [6.07, 6.45) is 5.36. The largest absolute Gasteiger partial charge is 0.380 e. The first-order chi connectivity index (χ1) is 8.72. The fourth-order valence-corrected chi connectivity index (χ4v) is 3.43. The third-order valence-corrected chi connectivity index (χ3v) is 4.56. The maximum absolute atomic E-state index is 5.60. The third kappa shape index (κ3) is 3.34. The lowest BCUT2D eigenvalue weighted by Gasteiger charge is -2.33. The van der Waals surface area contributed by atoms with Gasteiger partial charge in [-0.05, 0) is 31.4 Å². The Hall–Kier alpha value is -0.380. The van der Waals surface area contributed by atoms with Crippen molar-refractivity contribution in [3.05, 3.63) is 34.3 Å². The normalized spacial score (nSPS) is 25.9. The van der Waals surface area contributed by atoms with Crippen molar-refractivity contribution in [3.8, 4) is 0 Å². The summed E-state index contributed by atoms with van der Waals surface area (Å²) in [4.78, 5) is 0. The molecule has 0 saturated heterocycles. The fourth-order valence-electron chi connectivity index (χ4n) is 2.81. The molecule has 0 heterocycles. The topological polar surface area (TPSA) is 21.3 Å². The molecular weight excluding hydrogens is 290 g/mol. The van der Waals surface area contributed by atoms with Crippen molar-refractivity contribution in [3.63, 3.8) is 0 Å². The van der Waals surface area contributed by atoms with Crippen LogP contribution in [0.5, 0.6) is 0 Å². The maximum Gasteiger partial charge on any atom is 0.0724 e. The third-order valence-electron chi connectivity index (χ3n) is 3.84. The molecule has 1 saturated carbocycles. The Balaban J connectivity index is 2.02. The van der Waals surface area contributed by atoms with Crippen LogP contribution in [0.1, 0.15) is 44.2 Å². The van der Waals surface area contributed by atoms with Gasteiger partial charge in [0.2, 0.25) is 0 Å². The zero-order valence-electron chi connectivity index (χ0n) is 11.2. The average molecular weight is 312 g/mol. The number of benzene rings is 1. The Morgan fingerprint density at radius 3 is 2.72 bits per heavy atom. The molecule has 1 fully saturated rings. The molecule has 0 amide bonds. The molecule has 2 unspecified atom stereocenters. The molecule has 1 aromatic carbocycles. The highest BCUT2D eigenvalue weighted by Gasteiger charge is 2.26. The smallest absolute Gasteiger partial charge is 0.0724 e. The van der Waals surface area contributed by atoms with Gasteiger partial charge in [-0.25, -0.2) is 0 Å². The summed E-state index contributed by atoms with van der Waals surface area (Å²) in [6, 6.07) is 9.24. The molecular formula is C15H22BrNO. The van der Waals surface area contributed by atoms with Crippen LogP contribution in [0.3, 0.4) is 0 Å². The minimum atomic E-state index is 0.348. The van der Waals surface area contributed by atoms with Crippen LogP contribution >= 0.6 is 15.9 Å². The van der Waals surface area contributed by atoms with E-state index in [1.165, 1.54) is 35.7 Å². The van der Waals surface area contributed by atoms with Crippen molar-refractivity contribution in [1.82, 2.24) is 5.32 Å². The zero-order valence-corrected chi connectivity index (χ0v) is 12.7. The minimum Gasteiger partial charge on any atom is -0.380 e.